The predicted molar refractivity (Wildman–Crippen MR) is 153 cm³/mol. The van der Waals surface area contributed by atoms with Crippen LogP contribution in [0.4, 0.5) is 18.9 Å². The Morgan fingerprint density at radius 2 is 1.60 bits per heavy atom. The smallest absolute Gasteiger partial charge is 0.416 e. The van der Waals surface area contributed by atoms with Crippen LogP contribution in [0.2, 0.25) is 5.02 Å². The second-order valence-electron chi connectivity index (χ2n) is 10.1. The lowest BCUT2D eigenvalue weighted by Crippen LogP contribution is -2.46. The summed E-state index contributed by atoms with van der Waals surface area (Å²) in [4.78, 5) is 42.4. The Morgan fingerprint density at radius 1 is 0.930 bits per heavy atom. The van der Waals surface area contributed by atoms with E-state index in [0.29, 0.717) is 16.1 Å². The lowest BCUT2D eigenvalue weighted by atomic mass is 9.67. The number of esters is 2. The van der Waals surface area contributed by atoms with Crippen molar-refractivity contribution in [2.75, 3.05) is 19.1 Å². The fourth-order valence-corrected chi connectivity index (χ4v) is 6.08. The third kappa shape index (κ3) is 5.38. The van der Waals surface area contributed by atoms with Crippen LogP contribution in [0.15, 0.2) is 102 Å². The maximum atomic E-state index is 14.6. The van der Waals surface area contributed by atoms with E-state index < -0.39 is 47.2 Å². The number of alkyl halides is 3. The Morgan fingerprint density at radius 3 is 2.23 bits per heavy atom. The Kier molecular flexibility index (Phi) is 8.07. The highest BCUT2D eigenvalue weighted by Crippen LogP contribution is 2.52. The molecule has 0 aromatic heterocycles. The molecule has 0 saturated heterocycles. The Hall–Kier alpha value is -4.57. The number of benzene rings is 3. The fourth-order valence-electron chi connectivity index (χ4n) is 5.88. The SMILES string of the molecule is COC(=O)C1=C(N)N(c2cccc(C(F)(F)F)c2)C2=C(C(=O)[C@H](C(=O)OC)[C@H](c3ccccc3)C2)[C@H]1c1cccc(Cl)c1. The molecule has 3 atom stereocenters. The first-order chi connectivity index (χ1) is 20.5. The average molecular weight is 611 g/mol. The minimum atomic E-state index is -4.68. The van der Waals surface area contributed by atoms with E-state index in [1.54, 1.807) is 54.6 Å². The molecule has 3 aromatic rings. The number of rotatable bonds is 5. The molecule has 0 amide bonds. The predicted octanol–water partition coefficient (Wildman–Crippen LogP) is 6.11. The third-order valence-electron chi connectivity index (χ3n) is 7.74. The van der Waals surface area contributed by atoms with Gasteiger partial charge in [-0.05, 0) is 47.9 Å². The number of hydrogen-bond donors (Lipinski definition) is 1. The average Bonchev–Trinajstić information content (AvgIpc) is 2.99. The van der Waals surface area contributed by atoms with Crippen LogP contribution in [-0.4, -0.2) is 31.9 Å². The van der Waals surface area contributed by atoms with Crippen molar-refractivity contribution in [3.05, 3.63) is 123 Å². The number of allylic oxidation sites excluding steroid dienone is 2. The van der Waals surface area contributed by atoms with Crippen LogP contribution in [-0.2, 0) is 30.0 Å². The van der Waals surface area contributed by atoms with Gasteiger partial charge < -0.3 is 15.2 Å². The number of hydrogen-bond acceptors (Lipinski definition) is 7. The molecule has 43 heavy (non-hydrogen) atoms. The van der Waals surface area contributed by atoms with Crippen LogP contribution < -0.4 is 10.6 Å². The van der Waals surface area contributed by atoms with Gasteiger partial charge in [-0.2, -0.15) is 13.2 Å². The van der Waals surface area contributed by atoms with E-state index in [0.717, 1.165) is 19.2 Å². The van der Waals surface area contributed by atoms with Crippen LogP contribution >= 0.6 is 11.6 Å². The monoisotopic (exact) mass is 610 g/mol. The van der Waals surface area contributed by atoms with E-state index in [2.05, 4.69) is 0 Å². The number of Topliss-reactive ketones (excluding diaryl/α,β-unsaturated/α-hetero) is 1. The molecule has 2 N–H and O–H groups in total. The zero-order valence-corrected chi connectivity index (χ0v) is 23.8. The summed E-state index contributed by atoms with van der Waals surface area (Å²) in [5.74, 6) is -5.76. The van der Waals surface area contributed by atoms with Gasteiger partial charge in [0.05, 0.1) is 31.3 Å². The Labute approximate surface area is 250 Å². The molecule has 0 fully saturated rings. The minimum Gasteiger partial charge on any atom is -0.468 e. The summed E-state index contributed by atoms with van der Waals surface area (Å²) in [5, 5.41) is 0.303. The molecule has 222 valence electrons. The van der Waals surface area contributed by atoms with Crippen molar-refractivity contribution in [2.45, 2.75) is 24.4 Å². The van der Waals surface area contributed by atoms with Crippen molar-refractivity contribution in [3.63, 3.8) is 0 Å². The zero-order chi connectivity index (χ0) is 31.1. The molecule has 0 radical (unpaired) electrons. The molecule has 11 heteroatoms. The van der Waals surface area contributed by atoms with Gasteiger partial charge in [-0.15, -0.1) is 0 Å². The first-order valence-electron chi connectivity index (χ1n) is 13.2. The number of carbonyl (C=O) groups is 3. The molecule has 7 nitrogen and oxygen atoms in total. The molecule has 1 aliphatic heterocycles. The number of nitrogens with zero attached hydrogens (tertiary/aromatic N) is 1. The van der Waals surface area contributed by atoms with Crippen molar-refractivity contribution >= 4 is 35.0 Å². The molecule has 5 rings (SSSR count). The van der Waals surface area contributed by atoms with Crippen molar-refractivity contribution in [1.82, 2.24) is 0 Å². The number of ketones is 1. The van der Waals surface area contributed by atoms with Gasteiger partial charge in [0, 0.05) is 27.9 Å². The first kappa shape index (κ1) is 29.9. The van der Waals surface area contributed by atoms with Crippen molar-refractivity contribution in [3.8, 4) is 0 Å². The highest BCUT2D eigenvalue weighted by Gasteiger charge is 2.51. The normalized spacial score (nSPS) is 20.6. The summed E-state index contributed by atoms with van der Waals surface area (Å²) in [6, 6.07) is 19.6. The van der Waals surface area contributed by atoms with Gasteiger partial charge in [-0.3, -0.25) is 14.5 Å². The molecular weight excluding hydrogens is 585 g/mol. The molecule has 2 aliphatic rings. The number of methoxy groups -OCH3 is 2. The van der Waals surface area contributed by atoms with E-state index >= 15 is 0 Å². The molecule has 3 aromatic carbocycles. The van der Waals surface area contributed by atoms with Crippen LogP contribution in [0.1, 0.15) is 34.9 Å². The Balaban J connectivity index is 1.85. The second kappa shape index (κ2) is 11.6. The van der Waals surface area contributed by atoms with Gasteiger partial charge in [0.15, 0.2) is 5.78 Å². The van der Waals surface area contributed by atoms with Crippen molar-refractivity contribution in [1.29, 1.82) is 0 Å². The van der Waals surface area contributed by atoms with Gasteiger partial charge in [0.2, 0.25) is 0 Å². The highest BCUT2D eigenvalue weighted by molar-refractivity contribution is 6.30. The van der Waals surface area contributed by atoms with Crippen LogP contribution in [0.3, 0.4) is 0 Å². The molecular formula is C32H26ClF3N2O5. The van der Waals surface area contributed by atoms with E-state index in [9.17, 15) is 27.6 Å². The first-order valence-corrected chi connectivity index (χ1v) is 13.6. The van der Waals surface area contributed by atoms with Crippen LogP contribution in [0, 0.1) is 5.92 Å². The molecule has 0 saturated carbocycles. The molecule has 1 aliphatic carbocycles. The number of nitrogens with two attached hydrogens (primary N) is 1. The quantitative estimate of drug-likeness (QED) is 0.275. The molecule has 0 spiro atoms. The number of anilines is 1. The third-order valence-corrected chi connectivity index (χ3v) is 7.98. The Bertz CT molecular complexity index is 1670. The number of carbonyl (C=O) groups excluding carboxylic acids is 3. The maximum Gasteiger partial charge on any atom is 0.416 e. The summed E-state index contributed by atoms with van der Waals surface area (Å²) in [7, 11) is 2.30. The minimum absolute atomic E-state index is 0.00726. The summed E-state index contributed by atoms with van der Waals surface area (Å²) in [5.41, 5.74) is 6.80. The molecule has 1 heterocycles. The number of halogens is 4. The van der Waals surface area contributed by atoms with Gasteiger partial charge in [-0.25, -0.2) is 4.79 Å². The summed E-state index contributed by atoms with van der Waals surface area (Å²) in [6.45, 7) is 0. The van der Waals surface area contributed by atoms with Crippen LogP contribution in [0.5, 0.6) is 0 Å². The van der Waals surface area contributed by atoms with E-state index in [1.165, 1.54) is 24.1 Å². The molecule has 0 unspecified atom stereocenters. The lowest BCUT2D eigenvalue weighted by molar-refractivity contribution is -0.150. The summed E-state index contributed by atoms with van der Waals surface area (Å²) < 4.78 is 51.5. The van der Waals surface area contributed by atoms with Crippen molar-refractivity contribution in [2.24, 2.45) is 11.7 Å². The van der Waals surface area contributed by atoms with Crippen molar-refractivity contribution < 1.29 is 37.0 Å². The standard InChI is InChI=1S/C32H26ClF3N2O5/c1-42-30(40)25-22(17-8-4-3-5-9-17)16-23-26(28(25)39)24(18-10-6-12-20(33)14-18)27(31(41)43-2)29(37)38(23)21-13-7-11-19(15-21)32(34,35)36/h3-15,22,24-25H,16,37H2,1-2H3/t22-,24+,25+/m0/s1. The van der Waals surface area contributed by atoms with Gasteiger partial charge >= 0.3 is 18.1 Å². The van der Waals surface area contributed by atoms with Gasteiger partial charge in [-0.1, -0.05) is 60.1 Å². The van der Waals surface area contributed by atoms with Crippen LogP contribution in [0.25, 0.3) is 0 Å². The van der Waals surface area contributed by atoms with E-state index in [1.807, 2.05) is 0 Å². The molecule has 0 bridgehead atoms. The largest absolute Gasteiger partial charge is 0.468 e. The maximum absolute atomic E-state index is 14.6. The lowest BCUT2D eigenvalue weighted by Gasteiger charge is -2.44. The topological polar surface area (TPSA) is 98.9 Å². The summed E-state index contributed by atoms with van der Waals surface area (Å²) >= 11 is 6.31. The second-order valence-corrected chi connectivity index (χ2v) is 10.5. The fraction of sp³-hybridized carbons (Fsp3) is 0.219. The van der Waals surface area contributed by atoms with E-state index in [-0.39, 0.29) is 34.8 Å². The number of ether oxygens (including phenoxy) is 2. The van der Waals surface area contributed by atoms with Gasteiger partial charge in [0.25, 0.3) is 0 Å². The summed E-state index contributed by atoms with van der Waals surface area (Å²) in [6.07, 6.45) is -4.67. The van der Waals surface area contributed by atoms with Gasteiger partial charge in [0.1, 0.15) is 11.7 Å². The zero-order valence-electron chi connectivity index (χ0n) is 23.0. The van der Waals surface area contributed by atoms with E-state index in [4.69, 9.17) is 26.8 Å². The highest BCUT2D eigenvalue weighted by atomic mass is 35.5.